The number of amides is 1. The molecule has 4 nitrogen and oxygen atoms in total. The number of hydrogen-bond acceptors (Lipinski definition) is 3. The SMILES string of the molecule is CC(C)CCN(C(=O)c1cc(N)ccn1)C1CC1. The van der Waals surface area contributed by atoms with Gasteiger partial charge in [0.1, 0.15) is 5.69 Å². The van der Waals surface area contributed by atoms with E-state index in [1.165, 1.54) is 0 Å². The van der Waals surface area contributed by atoms with Gasteiger partial charge in [-0.2, -0.15) is 0 Å². The number of nitrogen functional groups attached to an aromatic ring is 1. The standard InChI is InChI=1S/C14H21N3O/c1-10(2)6-8-17(12-3-4-12)14(18)13-9-11(15)5-7-16-13/h5,7,9-10,12H,3-4,6,8H2,1-2H3,(H2,15,16). The zero-order valence-electron chi connectivity index (χ0n) is 11.1. The van der Waals surface area contributed by atoms with E-state index in [2.05, 4.69) is 18.8 Å². The fraction of sp³-hybridized carbons (Fsp3) is 0.571. The number of hydrogen-bond donors (Lipinski definition) is 1. The Morgan fingerprint density at radius 3 is 2.83 bits per heavy atom. The van der Waals surface area contributed by atoms with E-state index in [1.54, 1.807) is 18.3 Å². The predicted molar refractivity (Wildman–Crippen MR) is 72.2 cm³/mol. The van der Waals surface area contributed by atoms with Crippen LogP contribution < -0.4 is 5.73 Å². The molecule has 1 aliphatic carbocycles. The Balaban J connectivity index is 2.08. The third-order valence-electron chi connectivity index (χ3n) is 3.20. The van der Waals surface area contributed by atoms with Gasteiger partial charge in [-0.15, -0.1) is 0 Å². The highest BCUT2D eigenvalue weighted by atomic mass is 16.2. The van der Waals surface area contributed by atoms with Crippen molar-refractivity contribution in [2.75, 3.05) is 12.3 Å². The normalized spacial score (nSPS) is 14.8. The zero-order valence-corrected chi connectivity index (χ0v) is 11.1. The van der Waals surface area contributed by atoms with Crippen LogP contribution in [0.1, 0.15) is 43.6 Å². The van der Waals surface area contributed by atoms with Gasteiger partial charge in [-0.05, 0) is 37.3 Å². The first-order chi connectivity index (χ1) is 8.58. The molecule has 4 heteroatoms. The lowest BCUT2D eigenvalue weighted by atomic mass is 10.1. The fourth-order valence-electron chi connectivity index (χ4n) is 1.94. The van der Waals surface area contributed by atoms with Gasteiger partial charge in [-0.1, -0.05) is 13.8 Å². The molecule has 0 aromatic carbocycles. The summed E-state index contributed by atoms with van der Waals surface area (Å²) in [6.45, 7) is 5.17. The van der Waals surface area contributed by atoms with E-state index in [0.29, 0.717) is 23.3 Å². The lowest BCUT2D eigenvalue weighted by Crippen LogP contribution is -2.35. The Bertz CT molecular complexity index is 427. The van der Waals surface area contributed by atoms with E-state index in [-0.39, 0.29) is 5.91 Å². The highest BCUT2D eigenvalue weighted by Crippen LogP contribution is 2.28. The highest BCUT2D eigenvalue weighted by Gasteiger charge is 2.33. The van der Waals surface area contributed by atoms with Crippen molar-refractivity contribution in [2.45, 2.75) is 39.2 Å². The van der Waals surface area contributed by atoms with E-state index in [9.17, 15) is 4.79 Å². The first kappa shape index (κ1) is 12.9. The second-order valence-corrected chi connectivity index (χ2v) is 5.39. The van der Waals surface area contributed by atoms with E-state index in [0.717, 1.165) is 25.8 Å². The summed E-state index contributed by atoms with van der Waals surface area (Å²) in [6.07, 6.45) is 4.86. The Morgan fingerprint density at radius 1 is 1.56 bits per heavy atom. The average molecular weight is 247 g/mol. The summed E-state index contributed by atoms with van der Waals surface area (Å²) >= 11 is 0. The van der Waals surface area contributed by atoms with Crippen molar-refractivity contribution in [1.82, 2.24) is 9.88 Å². The third kappa shape index (κ3) is 3.22. The van der Waals surface area contributed by atoms with E-state index < -0.39 is 0 Å². The van der Waals surface area contributed by atoms with Gasteiger partial charge in [-0.25, -0.2) is 0 Å². The molecule has 0 atom stereocenters. The van der Waals surface area contributed by atoms with Crippen LogP contribution in [0.3, 0.4) is 0 Å². The Labute approximate surface area is 108 Å². The van der Waals surface area contributed by atoms with E-state index in [1.807, 2.05) is 4.90 Å². The van der Waals surface area contributed by atoms with Gasteiger partial charge in [0.25, 0.3) is 5.91 Å². The minimum absolute atomic E-state index is 0.0189. The molecule has 0 unspecified atom stereocenters. The van der Waals surface area contributed by atoms with Crippen LogP contribution in [-0.4, -0.2) is 28.4 Å². The summed E-state index contributed by atoms with van der Waals surface area (Å²) in [6, 6.07) is 3.78. The number of nitrogens with two attached hydrogens (primary N) is 1. The molecular formula is C14H21N3O. The molecule has 1 fully saturated rings. The first-order valence-corrected chi connectivity index (χ1v) is 6.60. The largest absolute Gasteiger partial charge is 0.399 e. The fourth-order valence-corrected chi connectivity index (χ4v) is 1.94. The maximum atomic E-state index is 12.4. The summed E-state index contributed by atoms with van der Waals surface area (Å²) in [5.41, 5.74) is 6.75. The van der Waals surface area contributed by atoms with Gasteiger partial charge < -0.3 is 10.6 Å². The molecule has 98 valence electrons. The molecule has 1 amide bonds. The Morgan fingerprint density at radius 2 is 2.28 bits per heavy atom. The van der Waals surface area contributed by atoms with Crippen molar-refractivity contribution in [2.24, 2.45) is 5.92 Å². The molecule has 18 heavy (non-hydrogen) atoms. The number of anilines is 1. The predicted octanol–water partition coefficient (Wildman–Crippen LogP) is 2.31. The molecule has 1 saturated carbocycles. The van der Waals surface area contributed by atoms with Gasteiger partial charge in [-0.3, -0.25) is 9.78 Å². The molecule has 1 heterocycles. The third-order valence-corrected chi connectivity index (χ3v) is 3.20. The number of carbonyl (C=O) groups excluding carboxylic acids is 1. The summed E-state index contributed by atoms with van der Waals surface area (Å²) < 4.78 is 0. The van der Waals surface area contributed by atoms with Gasteiger partial charge in [0, 0.05) is 24.5 Å². The van der Waals surface area contributed by atoms with Crippen molar-refractivity contribution in [3.8, 4) is 0 Å². The molecule has 0 radical (unpaired) electrons. The average Bonchev–Trinajstić information content (AvgIpc) is 3.13. The highest BCUT2D eigenvalue weighted by molar-refractivity contribution is 5.93. The van der Waals surface area contributed by atoms with Crippen molar-refractivity contribution in [3.63, 3.8) is 0 Å². The van der Waals surface area contributed by atoms with Crippen molar-refractivity contribution >= 4 is 11.6 Å². The van der Waals surface area contributed by atoms with Crippen molar-refractivity contribution < 1.29 is 4.79 Å². The van der Waals surface area contributed by atoms with Crippen molar-refractivity contribution in [1.29, 1.82) is 0 Å². The van der Waals surface area contributed by atoms with Crippen LogP contribution in [0.25, 0.3) is 0 Å². The quantitative estimate of drug-likeness (QED) is 0.868. The minimum atomic E-state index is 0.0189. The maximum absolute atomic E-state index is 12.4. The van der Waals surface area contributed by atoms with Gasteiger partial charge >= 0.3 is 0 Å². The van der Waals surface area contributed by atoms with Crippen LogP contribution in [0.2, 0.25) is 0 Å². The van der Waals surface area contributed by atoms with Crippen LogP contribution in [0, 0.1) is 5.92 Å². The minimum Gasteiger partial charge on any atom is -0.399 e. The second kappa shape index (κ2) is 5.38. The summed E-state index contributed by atoms with van der Waals surface area (Å²) in [5, 5.41) is 0. The number of carbonyl (C=O) groups is 1. The molecule has 0 aliphatic heterocycles. The van der Waals surface area contributed by atoms with Crippen LogP contribution in [0.5, 0.6) is 0 Å². The smallest absolute Gasteiger partial charge is 0.272 e. The molecular weight excluding hydrogens is 226 g/mol. The van der Waals surface area contributed by atoms with Crippen molar-refractivity contribution in [3.05, 3.63) is 24.0 Å². The monoisotopic (exact) mass is 247 g/mol. The van der Waals surface area contributed by atoms with Gasteiger partial charge in [0.2, 0.25) is 0 Å². The molecule has 0 saturated heterocycles. The molecule has 1 aromatic heterocycles. The number of nitrogens with zero attached hydrogens (tertiary/aromatic N) is 2. The van der Waals surface area contributed by atoms with Crippen LogP contribution in [0.4, 0.5) is 5.69 Å². The second-order valence-electron chi connectivity index (χ2n) is 5.39. The Kier molecular flexibility index (Phi) is 3.84. The summed E-state index contributed by atoms with van der Waals surface area (Å²) in [5.74, 6) is 0.623. The molecule has 1 aromatic rings. The molecule has 1 aliphatic rings. The van der Waals surface area contributed by atoms with Crippen LogP contribution in [-0.2, 0) is 0 Å². The number of rotatable bonds is 5. The topological polar surface area (TPSA) is 59.2 Å². The molecule has 2 rings (SSSR count). The van der Waals surface area contributed by atoms with E-state index in [4.69, 9.17) is 5.73 Å². The van der Waals surface area contributed by atoms with E-state index >= 15 is 0 Å². The van der Waals surface area contributed by atoms with Gasteiger partial charge in [0.15, 0.2) is 0 Å². The summed E-state index contributed by atoms with van der Waals surface area (Å²) in [4.78, 5) is 18.5. The zero-order chi connectivity index (χ0) is 13.1. The molecule has 0 spiro atoms. The Hall–Kier alpha value is -1.58. The number of aromatic nitrogens is 1. The summed E-state index contributed by atoms with van der Waals surface area (Å²) in [7, 11) is 0. The van der Waals surface area contributed by atoms with Crippen LogP contribution in [0.15, 0.2) is 18.3 Å². The molecule has 2 N–H and O–H groups in total. The lowest BCUT2D eigenvalue weighted by molar-refractivity contribution is 0.0729. The number of pyridine rings is 1. The lowest BCUT2D eigenvalue weighted by Gasteiger charge is -2.23. The first-order valence-electron chi connectivity index (χ1n) is 6.60. The van der Waals surface area contributed by atoms with Crippen LogP contribution >= 0.6 is 0 Å². The van der Waals surface area contributed by atoms with Gasteiger partial charge in [0.05, 0.1) is 0 Å². The molecule has 0 bridgehead atoms. The maximum Gasteiger partial charge on any atom is 0.272 e.